The van der Waals surface area contributed by atoms with Crippen LogP contribution in [0.1, 0.15) is 32.3 Å². The summed E-state index contributed by atoms with van der Waals surface area (Å²) in [5, 5.41) is 7.62. The van der Waals surface area contributed by atoms with Crippen LogP contribution in [0.3, 0.4) is 0 Å². The Hall–Kier alpha value is -0.870. The third-order valence-corrected chi connectivity index (χ3v) is 2.94. The van der Waals surface area contributed by atoms with Crippen molar-refractivity contribution in [2.45, 2.75) is 39.3 Å². The third-order valence-electron chi connectivity index (χ3n) is 2.94. The lowest BCUT2D eigenvalue weighted by Gasteiger charge is -2.17. The van der Waals surface area contributed by atoms with Gasteiger partial charge in [-0.25, -0.2) is 0 Å². The van der Waals surface area contributed by atoms with Gasteiger partial charge in [0.25, 0.3) is 0 Å². The minimum atomic E-state index is 0.631. The summed E-state index contributed by atoms with van der Waals surface area (Å²) in [5.41, 5.74) is 1.29. The lowest BCUT2D eigenvalue weighted by molar-refractivity contribution is 0.311. The van der Waals surface area contributed by atoms with Crippen LogP contribution in [-0.2, 0) is 13.6 Å². The molecule has 0 aliphatic heterocycles. The van der Waals surface area contributed by atoms with Crippen LogP contribution in [-0.4, -0.2) is 40.9 Å². The molecular formula is C13H26N4. The van der Waals surface area contributed by atoms with Gasteiger partial charge in [0.15, 0.2) is 0 Å². The molecule has 1 aromatic heterocycles. The van der Waals surface area contributed by atoms with Gasteiger partial charge in [-0.2, -0.15) is 5.10 Å². The van der Waals surface area contributed by atoms with Crippen molar-refractivity contribution in [2.75, 3.05) is 20.1 Å². The van der Waals surface area contributed by atoms with Gasteiger partial charge in [0.2, 0.25) is 0 Å². The predicted molar refractivity (Wildman–Crippen MR) is 71.9 cm³/mol. The molecular weight excluding hydrogens is 212 g/mol. The summed E-state index contributed by atoms with van der Waals surface area (Å²) in [4.78, 5) is 2.36. The third kappa shape index (κ3) is 5.84. The van der Waals surface area contributed by atoms with Crippen LogP contribution in [0.15, 0.2) is 12.4 Å². The zero-order valence-corrected chi connectivity index (χ0v) is 11.6. The zero-order chi connectivity index (χ0) is 12.7. The van der Waals surface area contributed by atoms with Gasteiger partial charge in [-0.15, -0.1) is 0 Å². The molecule has 1 rings (SSSR count). The van der Waals surface area contributed by atoms with Crippen LogP contribution < -0.4 is 5.32 Å². The monoisotopic (exact) mass is 238 g/mol. The molecule has 0 fully saturated rings. The summed E-state index contributed by atoms with van der Waals surface area (Å²) < 4.78 is 1.86. The van der Waals surface area contributed by atoms with E-state index in [9.17, 15) is 0 Å². The molecule has 1 aromatic rings. The number of nitrogens with one attached hydrogen (secondary N) is 1. The fourth-order valence-electron chi connectivity index (χ4n) is 2.06. The van der Waals surface area contributed by atoms with Gasteiger partial charge < -0.3 is 10.2 Å². The summed E-state index contributed by atoms with van der Waals surface area (Å²) in [5.74, 6) is 0. The highest BCUT2D eigenvalue weighted by Gasteiger charge is 2.04. The van der Waals surface area contributed by atoms with E-state index in [4.69, 9.17) is 0 Å². The highest BCUT2D eigenvalue weighted by molar-refractivity contribution is 5.02. The maximum absolute atomic E-state index is 4.18. The molecule has 0 aliphatic carbocycles. The van der Waals surface area contributed by atoms with Gasteiger partial charge in [-0.3, -0.25) is 4.68 Å². The minimum absolute atomic E-state index is 0.631. The van der Waals surface area contributed by atoms with E-state index < -0.39 is 0 Å². The molecule has 0 spiro atoms. The Labute approximate surface area is 105 Å². The maximum atomic E-state index is 4.18. The van der Waals surface area contributed by atoms with Crippen LogP contribution in [0.4, 0.5) is 0 Å². The Morgan fingerprint density at radius 2 is 2.29 bits per heavy atom. The fourth-order valence-corrected chi connectivity index (χ4v) is 2.06. The van der Waals surface area contributed by atoms with Gasteiger partial charge in [-0.1, -0.05) is 6.92 Å². The largest absolute Gasteiger partial charge is 0.315 e. The number of aromatic nitrogens is 2. The first-order valence-electron chi connectivity index (χ1n) is 6.51. The summed E-state index contributed by atoms with van der Waals surface area (Å²) in [6, 6.07) is 0.631. The van der Waals surface area contributed by atoms with Gasteiger partial charge in [-0.05, 0) is 39.9 Å². The highest BCUT2D eigenvalue weighted by Crippen LogP contribution is 2.03. The number of hydrogen-bond donors (Lipinski definition) is 1. The van der Waals surface area contributed by atoms with E-state index in [-0.39, 0.29) is 0 Å². The van der Waals surface area contributed by atoms with Crippen LogP contribution in [0.2, 0.25) is 0 Å². The summed E-state index contributed by atoms with van der Waals surface area (Å²) in [7, 11) is 4.13. The molecule has 4 nitrogen and oxygen atoms in total. The lowest BCUT2D eigenvalue weighted by atomic mass is 10.2. The Bertz CT molecular complexity index is 308. The van der Waals surface area contributed by atoms with Gasteiger partial charge in [0, 0.05) is 31.4 Å². The van der Waals surface area contributed by atoms with Crippen molar-refractivity contribution in [3.05, 3.63) is 18.0 Å². The number of rotatable bonds is 8. The number of aryl methyl sites for hydroxylation is 1. The van der Waals surface area contributed by atoms with Gasteiger partial charge in [0.05, 0.1) is 6.20 Å². The average Bonchev–Trinajstić information content (AvgIpc) is 2.64. The van der Waals surface area contributed by atoms with Crippen LogP contribution in [0, 0.1) is 0 Å². The fraction of sp³-hybridized carbons (Fsp3) is 0.769. The molecule has 1 unspecified atom stereocenters. The van der Waals surface area contributed by atoms with Crippen molar-refractivity contribution >= 4 is 0 Å². The van der Waals surface area contributed by atoms with E-state index >= 15 is 0 Å². The Kier molecular flexibility index (Phi) is 6.22. The minimum Gasteiger partial charge on any atom is -0.315 e. The van der Waals surface area contributed by atoms with Crippen molar-refractivity contribution < 1.29 is 0 Å². The number of hydrogen-bond acceptors (Lipinski definition) is 3. The van der Waals surface area contributed by atoms with E-state index in [1.165, 1.54) is 18.4 Å². The van der Waals surface area contributed by atoms with Crippen LogP contribution >= 0.6 is 0 Å². The molecule has 17 heavy (non-hydrogen) atoms. The second kappa shape index (κ2) is 7.45. The zero-order valence-electron chi connectivity index (χ0n) is 11.6. The summed E-state index contributed by atoms with van der Waals surface area (Å²) in [6.45, 7) is 7.61. The summed E-state index contributed by atoms with van der Waals surface area (Å²) >= 11 is 0. The quantitative estimate of drug-likeness (QED) is 0.747. The maximum Gasteiger partial charge on any atom is 0.0534 e. The number of nitrogens with zero attached hydrogens (tertiary/aromatic N) is 3. The average molecular weight is 238 g/mol. The molecule has 0 aliphatic rings. The van der Waals surface area contributed by atoms with E-state index in [0.29, 0.717) is 6.04 Å². The molecule has 1 atom stereocenters. The smallest absolute Gasteiger partial charge is 0.0534 e. The predicted octanol–water partition coefficient (Wildman–Crippen LogP) is 1.63. The van der Waals surface area contributed by atoms with E-state index in [1.807, 2.05) is 17.9 Å². The molecule has 0 saturated heterocycles. The highest BCUT2D eigenvalue weighted by atomic mass is 15.2. The Balaban J connectivity index is 2.15. The topological polar surface area (TPSA) is 33.1 Å². The molecule has 0 saturated carbocycles. The van der Waals surface area contributed by atoms with Crippen molar-refractivity contribution in [1.29, 1.82) is 0 Å². The second-order valence-corrected chi connectivity index (χ2v) is 4.86. The normalized spacial score (nSPS) is 13.2. The van der Waals surface area contributed by atoms with Crippen LogP contribution in [0.5, 0.6) is 0 Å². The standard InChI is InChI=1S/C13H26N4/c1-5-14-12(2)7-6-8-16(3)10-13-9-15-17(4)11-13/h9,11-12,14H,5-8,10H2,1-4H3. The molecule has 0 amide bonds. The summed E-state index contributed by atoms with van der Waals surface area (Å²) in [6.07, 6.45) is 6.51. The molecule has 1 heterocycles. The van der Waals surface area contributed by atoms with Crippen molar-refractivity contribution in [3.63, 3.8) is 0 Å². The first-order valence-corrected chi connectivity index (χ1v) is 6.51. The van der Waals surface area contributed by atoms with Crippen LogP contribution in [0.25, 0.3) is 0 Å². The molecule has 98 valence electrons. The van der Waals surface area contributed by atoms with Crippen molar-refractivity contribution in [1.82, 2.24) is 20.0 Å². The molecule has 4 heteroatoms. The molecule has 0 bridgehead atoms. The molecule has 1 N–H and O–H groups in total. The van der Waals surface area contributed by atoms with Crippen molar-refractivity contribution in [3.8, 4) is 0 Å². The lowest BCUT2D eigenvalue weighted by Crippen LogP contribution is -2.27. The van der Waals surface area contributed by atoms with E-state index in [1.54, 1.807) is 0 Å². The second-order valence-electron chi connectivity index (χ2n) is 4.86. The van der Waals surface area contributed by atoms with Gasteiger partial charge >= 0.3 is 0 Å². The van der Waals surface area contributed by atoms with Crippen molar-refractivity contribution in [2.24, 2.45) is 7.05 Å². The molecule has 0 aromatic carbocycles. The molecule has 0 radical (unpaired) electrons. The van der Waals surface area contributed by atoms with Gasteiger partial charge in [0.1, 0.15) is 0 Å². The first kappa shape index (κ1) is 14.2. The Morgan fingerprint density at radius 1 is 1.53 bits per heavy atom. The SMILES string of the molecule is CCNC(C)CCCN(C)Cc1cnn(C)c1. The first-order chi connectivity index (χ1) is 8.11. The Morgan fingerprint density at radius 3 is 2.88 bits per heavy atom. The van der Waals surface area contributed by atoms with E-state index in [2.05, 4.69) is 42.4 Å². The van der Waals surface area contributed by atoms with E-state index in [0.717, 1.165) is 19.6 Å².